The molecule has 1 unspecified atom stereocenters. The minimum atomic E-state index is -1.56. The van der Waals surface area contributed by atoms with Crippen LogP contribution in [0.15, 0.2) is 87.9 Å². The Hall–Kier alpha value is -4.03. The van der Waals surface area contributed by atoms with Gasteiger partial charge in [-0.15, -0.1) is 0 Å². The Labute approximate surface area is 271 Å². The van der Waals surface area contributed by atoms with Crippen molar-refractivity contribution in [2.75, 3.05) is 10.6 Å². The van der Waals surface area contributed by atoms with Gasteiger partial charge < -0.3 is 21.0 Å². The number of aromatic hydroxyl groups is 1. The standard InChI is InChI=1S/C16H14N4O8S.C10H11NO2.Na/c1-9(21)14(16(23)17-10-5-3-2-4-6-10)19-18-12-7-11(20(24)25)8-13(15(12)22)29-28-27-26;1-8(12)7-10(13)11-9-5-3-2-4-6-9;/h2-8,14,22,26H,1H3,(H,17,23);2-6H,7H2,1H3,(H,11,13);/q;;+1/p-1. The van der Waals surface area contributed by atoms with Gasteiger partial charge >= 0.3 is 29.6 Å². The normalized spacial score (nSPS) is 10.9. The Morgan fingerprint density at radius 1 is 0.977 bits per heavy atom. The number of nitro groups is 1. The molecule has 3 N–H and O–H groups in total. The van der Waals surface area contributed by atoms with Crippen molar-refractivity contribution in [2.24, 2.45) is 10.2 Å². The van der Waals surface area contributed by atoms with Crippen LogP contribution in [0.1, 0.15) is 20.3 Å². The average molecular weight is 622 g/mol. The molecule has 1 atom stereocenters. The second-order valence-corrected chi connectivity index (χ2v) is 8.91. The van der Waals surface area contributed by atoms with Gasteiger partial charge in [0.2, 0.25) is 11.9 Å². The van der Waals surface area contributed by atoms with E-state index >= 15 is 0 Å². The van der Waals surface area contributed by atoms with E-state index in [-0.39, 0.29) is 64.6 Å². The molecular formula is C26H24N5NaO10S. The molecular weight excluding hydrogens is 597 g/mol. The van der Waals surface area contributed by atoms with Gasteiger partial charge in [0.15, 0.2) is 11.5 Å². The van der Waals surface area contributed by atoms with E-state index in [9.17, 15) is 39.7 Å². The van der Waals surface area contributed by atoms with Crippen molar-refractivity contribution >= 4 is 58.2 Å². The molecule has 0 bridgehead atoms. The van der Waals surface area contributed by atoms with Crippen molar-refractivity contribution in [1.29, 1.82) is 0 Å². The number of hydrogen-bond acceptors (Lipinski definition) is 13. The Kier molecular flexibility index (Phi) is 16.5. The molecule has 0 aliphatic rings. The van der Waals surface area contributed by atoms with Gasteiger partial charge in [0.25, 0.3) is 11.6 Å². The summed E-state index contributed by atoms with van der Waals surface area (Å²) >= 11 is 0.204. The molecule has 0 aromatic heterocycles. The molecule has 2 amide bonds. The summed E-state index contributed by atoms with van der Waals surface area (Å²) < 4.78 is 4.05. The summed E-state index contributed by atoms with van der Waals surface area (Å²) in [5, 5.41) is 46.6. The van der Waals surface area contributed by atoms with E-state index in [4.69, 9.17) is 0 Å². The minimum Gasteiger partial charge on any atom is -0.691 e. The number of nitrogens with one attached hydrogen (secondary N) is 2. The second kappa shape index (κ2) is 19.2. The van der Waals surface area contributed by atoms with Gasteiger partial charge in [0.05, 0.1) is 28.3 Å². The predicted molar refractivity (Wildman–Crippen MR) is 147 cm³/mol. The van der Waals surface area contributed by atoms with E-state index in [2.05, 4.69) is 30.2 Å². The Morgan fingerprint density at radius 2 is 1.53 bits per heavy atom. The van der Waals surface area contributed by atoms with Crippen molar-refractivity contribution in [3.8, 4) is 5.75 Å². The SMILES string of the molecule is CC(=O)C(N=Nc1cc([N+](=O)[O-])cc(SOO[O-])c1O)C(=O)Nc1ccccc1.CC(=O)CC(=O)Nc1ccccc1.[Na+]. The van der Waals surface area contributed by atoms with Crippen LogP contribution in [-0.4, -0.2) is 39.5 Å². The zero-order valence-corrected chi connectivity index (χ0v) is 25.9. The maximum atomic E-state index is 12.3. The van der Waals surface area contributed by atoms with E-state index < -0.39 is 39.8 Å². The van der Waals surface area contributed by atoms with Crippen molar-refractivity contribution < 1.29 is 73.4 Å². The number of rotatable bonds is 12. The predicted octanol–water partition coefficient (Wildman–Crippen LogP) is 0.819. The van der Waals surface area contributed by atoms with Crippen molar-refractivity contribution in [3.05, 3.63) is 82.9 Å². The number of anilines is 2. The summed E-state index contributed by atoms with van der Waals surface area (Å²) in [7, 11) is 0. The van der Waals surface area contributed by atoms with Gasteiger partial charge in [-0.05, 0) is 38.1 Å². The summed E-state index contributed by atoms with van der Waals surface area (Å²) in [5.74, 6) is -2.46. The first-order valence-corrected chi connectivity index (χ1v) is 12.5. The fraction of sp³-hybridized carbons (Fsp3) is 0.154. The summed E-state index contributed by atoms with van der Waals surface area (Å²) in [5.41, 5.74) is 0.205. The number of non-ortho nitro benzene ring substituents is 1. The molecule has 0 saturated heterocycles. The molecule has 3 aromatic carbocycles. The quantitative estimate of drug-likeness (QED) is 0.0488. The molecule has 0 fully saturated rings. The number of phenols is 1. The Balaban J connectivity index is 0.000000554. The third-order valence-electron chi connectivity index (χ3n) is 4.82. The fourth-order valence-electron chi connectivity index (χ4n) is 3.00. The largest absolute Gasteiger partial charge is 1.00 e. The molecule has 0 radical (unpaired) electrons. The minimum absolute atomic E-state index is 0. The van der Waals surface area contributed by atoms with Crippen LogP contribution in [0.2, 0.25) is 0 Å². The molecule has 220 valence electrons. The molecule has 0 aliphatic carbocycles. The van der Waals surface area contributed by atoms with Crippen LogP contribution in [0.3, 0.4) is 0 Å². The number of ketones is 2. The first-order valence-electron chi connectivity index (χ1n) is 11.8. The summed E-state index contributed by atoms with van der Waals surface area (Å²) in [6.45, 7) is 2.51. The van der Waals surface area contributed by atoms with Crippen molar-refractivity contribution in [2.45, 2.75) is 31.2 Å². The average Bonchev–Trinajstić information content (AvgIpc) is 2.94. The van der Waals surface area contributed by atoms with Gasteiger partial charge in [-0.25, -0.2) is 0 Å². The van der Waals surface area contributed by atoms with Gasteiger partial charge in [-0.1, -0.05) is 36.4 Å². The maximum absolute atomic E-state index is 12.3. The van der Waals surface area contributed by atoms with Gasteiger partial charge in [0, 0.05) is 23.5 Å². The number of nitro benzene ring substituents is 1. The van der Waals surface area contributed by atoms with E-state index in [1.165, 1.54) is 6.92 Å². The molecule has 17 heteroatoms. The molecule has 0 spiro atoms. The van der Waals surface area contributed by atoms with Crippen molar-refractivity contribution in [1.82, 2.24) is 0 Å². The number of Topliss-reactive ketones (excluding diaryl/α,β-unsaturated/α-hetero) is 2. The first-order chi connectivity index (χ1) is 20.0. The topological polar surface area (TPSA) is 222 Å². The van der Waals surface area contributed by atoms with Crippen LogP contribution < -0.4 is 45.4 Å². The number of azo groups is 1. The zero-order valence-electron chi connectivity index (χ0n) is 23.1. The van der Waals surface area contributed by atoms with Gasteiger partial charge in [-0.2, -0.15) is 14.6 Å². The first kappa shape index (κ1) is 37.0. The Morgan fingerprint density at radius 3 is 2.02 bits per heavy atom. The number of benzene rings is 3. The number of para-hydroxylation sites is 2. The molecule has 0 heterocycles. The zero-order chi connectivity index (χ0) is 31.1. The second-order valence-electron chi connectivity index (χ2n) is 8.17. The van der Waals surface area contributed by atoms with E-state index in [0.717, 1.165) is 19.1 Å². The van der Waals surface area contributed by atoms with Crippen LogP contribution in [0.5, 0.6) is 5.75 Å². The molecule has 43 heavy (non-hydrogen) atoms. The molecule has 0 saturated carbocycles. The van der Waals surface area contributed by atoms with E-state index in [1.54, 1.807) is 42.5 Å². The van der Waals surface area contributed by atoms with E-state index in [0.29, 0.717) is 11.4 Å². The smallest absolute Gasteiger partial charge is 0.691 e. The monoisotopic (exact) mass is 621 g/mol. The molecule has 15 nitrogen and oxygen atoms in total. The summed E-state index contributed by atoms with van der Waals surface area (Å²) in [6, 6.07) is 17.5. The van der Waals surface area contributed by atoms with E-state index in [1.807, 2.05) is 18.2 Å². The number of phenolic OH excluding ortho intramolecular Hbond substituents is 1. The maximum Gasteiger partial charge on any atom is 1.00 e. The summed E-state index contributed by atoms with van der Waals surface area (Å²) in [6.07, 6.45) is -0.0606. The van der Waals surface area contributed by atoms with Crippen LogP contribution in [0, 0.1) is 10.1 Å². The van der Waals surface area contributed by atoms with Crippen LogP contribution >= 0.6 is 12.0 Å². The Bertz CT molecular complexity index is 1440. The third-order valence-corrected chi connectivity index (χ3v) is 5.44. The number of carbonyl (C=O) groups is 4. The van der Waals surface area contributed by atoms with Crippen LogP contribution in [0.4, 0.5) is 22.7 Å². The number of nitrogens with zero attached hydrogens (tertiary/aromatic N) is 3. The fourth-order valence-corrected chi connectivity index (χ4v) is 3.45. The van der Waals surface area contributed by atoms with Gasteiger partial charge in [0.1, 0.15) is 11.5 Å². The van der Waals surface area contributed by atoms with Crippen LogP contribution in [0.25, 0.3) is 0 Å². The third kappa shape index (κ3) is 13.2. The number of hydrogen-bond donors (Lipinski definition) is 3. The molecule has 3 aromatic rings. The number of carbonyl (C=O) groups excluding carboxylic acids is 4. The van der Waals surface area contributed by atoms with Gasteiger partial charge in [-0.3, -0.25) is 34.3 Å². The van der Waals surface area contributed by atoms with Crippen LogP contribution in [-0.2, 0) is 28.6 Å². The number of amides is 2. The summed E-state index contributed by atoms with van der Waals surface area (Å²) in [4.78, 5) is 55.8. The van der Waals surface area contributed by atoms with Crippen molar-refractivity contribution in [3.63, 3.8) is 0 Å². The molecule has 3 rings (SSSR count). The molecule has 0 aliphatic heterocycles.